The van der Waals surface area contributed by atoms with E-state index in [0.29, 0.717) is 26.6 Å². The van der Waals surface area contributed by atoms with Gasteiger partial charge >= 0.3 is 0 Å². The Labute approximate surface area is 204 Å². The van der Waals surface area contributed by atoms with E-state index in [1.807, 2.05) is 35.0 Å². The normalized spacial score (nSPS) is 17.4. The number of nitrogens with one attached hydrogen (secondary N) is 1. The fourth-order valence-electron chi connectivity index (χ4n) is 3.77. The highest BCUT2D eigenvalue weighted by atomic mass is 35.5. The highest BCUT2D eigenvalue weighted by Gasteiger charge is 2.35. The average molecular weight is 500 g/mol. The van der Waals surface area contributed by atoms with Gasteiger partial charge in [0, 0.05) is 38.8 Å². The molecule has 0 unspecified atom stereocenters. The molecule has 3 amide bonds. The predicted octanol–water partition coefficient (Wildman–Crippen LogP) is 5.46. The lowest BCUT2D eigenvalue weighted by Gasteiger charge is -2.13. The van der Waals surface area contributed by atoms with Crippen LogP contribution < -0.4 is 5.32 Å². The molecule has 2 heterocycles. The Balaban J connectivity index is 1.41. The predicted molar refractivity (Wildman–Crippen MR) is 131 cm³/mol. The van der Waals surface area contributed by atoms with E-state index in [2.05, 4.69) is 5.32 Å². The first-order valence-electron chi connectivity index (χ1n) is 10.5. The van der Waals surface area contributed by atoms with Crippen molar-refractivity contribution >= 4 is 69.0 Å². The number of carbonyl (C=O) groups is 3. The minimum absolute atomic E-state index is 0.0371. The molecule has 2 aliphatic rings. The third kappa shape index (κ3) is 4.67. The summed E-state index contributed by atoms with van der Waals surface area (Å²) in [6.07, 6.45) is 5.62. The summed E-state index contributed by atoms with van der Waals surface area (Å²) in [5, 5.41) is 4.43. The number of carbonyl (C=O) groups excluding carboxylic acids is 3. The number of benzene rings is 2. The number of nitrogens with zero attached hydrogens (tertiary/aromatic N) is 2. The van der Waals surface area contributed by atoms with Crippen LogP contribution in [0.3, 0.4) is 0 Å². The van der Waals surface area contributed by atoms with Gasteiger partial charge in [0.1, 0.15) is 6.54 Å². The third-order valence-electron chi connectivity index (χ3n) is 5.58. The molecule has 9 heteroatoms. The Morgan fingerprint density at radius 3 is 2.70 bits per heavy atom. The maximum atomic E-state index is 13.0. The Bertz CT molecular complexity index is 1330. The number of amides is 3. The fraction of sp³-hybridized carbons (Fsp3) is 0.208. The zero-order valence-corrected chi connectivity index (χ0v) is 19.7. The lowest BCUT2D eigenvalue weighted by molar-refractivity contribution is -0.123. The number of imide groups is 1. The number of hydrogen-bond acceptors (Lipinski definition) is 4. The molecule has 2 aromatic carbocycles. The lowest BCUT2D eigenvalue weighted by atomic mass is 10.1. The minimum atomic E-state index is -0.376. The summed E-state index contributed by atoms with van der Waals surface area (Å²) in [7, 11) is 0. The molecule has 1 saturated carbocycles. The summed E-state index contributed by atoms with van der Waals surface area (Å²) >= 11 is 13.1. The van der Waals surface area contributed by atoms with Gasteiger partial charge < -0.3 is 9.88 Å². The molecule has 2 fully saturated rings. The molecule has 1 N–H and O–H groups in total. The number of rotatable bonds is 6. The Hall–Kier alpha value is -2.74. The molecule has 1 aliphatic carbocycles. The van der Waals surface area contributed by atoms with Crippen molar-refractivity contribution in [1.29, 1.82) is 0 Å². The van der Waals surface area contributed by atoms with Gasteiger partial charge in [0.15, 0.2) is 0 Å². The van der Waals surface area contributed by atoms with Gasteiger partial charge in [0.25, 0.3) is 11.1 Å². The fourth-order valence-corrected chi connectivity index (χ4v) is 5.07. The molecular formula is C24H19Cl2N3O3S. The standard InChI is InChI=1S/C24H19Cl2N3O3S/c25-16-6-5-14(19(26)10-16)12-29-23(31)21(33-24(29)32)9-15-11-28(13-22(30)27-17-7-8-17)20-4-2-1-3-18(15)20/h1-6,9-11,17H,7-8,12-13H2,(H,27,30)/b21-9-. The molecule has 168 valence electrons. The van der Waals surface area contributed by atoms with Crippen molar-refractivity contribution in [3.8, 4) is 0 Å². The van der Waals surface area contributed by atoms with Crippen molar-refractivity contribution in [3.05, 3.63) is 74.7 Å². The van der Waals surface area contributed by atoms with Crippen LogP contribution in [0.25, 0.3) is 17.0 Å². The molecule has 0 bridgehead atoms. The SMILES string of the molecule is O=C(Cn1cc(/C=C2\SC(=O)N(Cc3ccc(Cl)cc3Cl)C2=O)c2ccccc21)NC1CC1. The smallest absolute Gasteiger partial charge is 0.293 e. The second kappa shape index (κ2) is 8.89. The molecule has 0 spiro atoms. The second-order valence-corrected chi connectivity index (χ2v) is 9.91. The monoisotopic (exact) mass is 499 g/mol. The number of aromatic nitrogens is 1. The van der Waals surface area contributed by atoms with Crippen molar-refractivity contribution in [2.45, 2.75) is 32.0 Å². The van der Waals surface area contributed by atoms with Crippen LogP contribution in [0.15, 0.2) is 53.6 Å². The van der Waals surface area contributed by atoms with E-state index in [9.17, 15) is 14.4 Å². The highest BCUT2D eigenvalue weighted by molar-refractivity contribution is 8.18. The van der Waals surface area contributed by atoms with E-state index in [-0.39, 0.29) is 30.1 Å². The van der Waals surface area contributed by atoms with Gasteiger partial charge in [-0.15, -0.1) is 0 Å². The van der Waals surface area contributed by atoms with E-state index in [0.717, 1.165) is 41.1 Å². The maximum absolute atomic E-state index is 13.0. The Morgan fingerprint density at radius 1 is 1.15 bits per heavy atom. The van der Waals surface area contributed by atoms with Crippen LogP contribution in [0.2, 0.25) is 10.0 Å². The van der Waals surface area contributed by atoms with Gasteiger partial charge in [-0.3, -0.25) is 19.3 Å². The zero-order valence-electron chi connectivity index (χ0n) is 17.4. The van der Waals surface area contributed by atoms with Crippen molar-refractivity contribution in [2.24, 2.45) is 0 Å². The first-order chi connectivity index (χ1) is 15.9. The van der Waals surface area contributed by atoms with Crippen LogP contribution in [0.4, 0.5) is 4.79 Å². The Kier molecular flexibility index (Phi) is 5.95. The molecule has 0 radical (unpaired) electrons. The summed E-state index contributed by atoms with van der Waals surface area (Å²) in [4.78, 5) is 39.5. The first-order valence-corrected chi connectivity index (χ1v) is 12.0. The maximum Gasteiger partial charge on any atom is 0.293 e. The summed E-state index contributed by atoms with van der Waals surface area (Å²) in [5.41, 5.74) is 2.31. The van der Waals surface area contributed by atoms with Gasteiger partial charge in [-0.25, -0.2) is 0 Å². The first kappa shape index (κ1) is 22.1. The molecular weight excluding hydrogens is 481 g/mol. The molecule has 1 aliphatic heterocycles. The van der Waals surface area contributed by atoms with Crippen LogP contribution >= 0.6 is 35.0 Å². The van der Waals surface area contributed by atoms with Gasteiger partial charge in [-0.1, -0.05) is 47.5 Å². The quantitative estimate of drug-likeness (QED) is 0.456. The molecule has 33 heavy (non-hydrogen) atoms. The third-order valence-corrected chi connectivity index (χ3v) is 7.07. The summed E-state index contributed by atoms with van der Waals surface area (Å²) in [6.45, 7) is 0.266. The molecule has 5 rings (SSSR count). The summed E-state index contributed by atoms with van der Waals surface area (Å²) in [6, 6.07) is 12.9. The number of para-hydroxylation sites is 1. The Morgan fingerprint density at radius 2 is 1.94 bits per heavy atom. The van der Waals surface area contributed by atoms with E-state index in [1.54, 1.807) is 24.3 Å². The van der Waals surface area contributed by atoms with Gasteiger partial charge in [0.05, 0.1) is 11.4 Å². The molecule has 3 aromatic rings. The lowest BCUT2D eigenvalue weighted by Crippen LogP contribution is -2.29. The average Bonchev–Trinajstić information content (AvgIpc) is 3.47. The van der Waals surface area contributed by atoms with Gasteiger partial charge in [0.2, 0.25) is 5.91 Å². The van der Waals surface area contributed by atoms with E-state index >= 15 is 0 Å². The number of halogens is 2. The van der Waals surface area contributed by atoms with Crippen LogP contribution in [0.1, 0.15) is 24.0 Å². The van der Waals surface area contributed by atoms with Crippen LogP contribution in [-0.2, 0) is 22.7 Å². The van der Waals surface area contributed by atoms with Gasteiger partial charge in [-0.2, -0.15) is 0 Å². The number of hydrogen-bond donors (Lipinski definition) is 1. The summed E-state index contributed by atoms with van der Waals surface area (Å²) < 4.78 is 1.87. The van der Waals surface area contributed by atoms with E-state index in [1.165, 1.54) is 4.90 Å². The number of thioether (sulfide) groups is 1. The van der Waals surface area contributed by atoms with E-state index in [4.69, 9.17) is 23.2 Å². The molecule has 0 atom stereocenters. The highest BCUT2D eigenvalue weighted by Crippen LogP contribution is 2.36. The van der Waals surface area contributed by atoms with Crippen molar-refractivity contribution < 1.29 is 14.4 Å². The topological polar surface area (TPSA) is 71.4 Å². The molecule has 6 nitrogen and oxygen atoms in total. The van der Waals surface area contributed by atoms with Gasteiger partial charge in [-0.05, 0) is 54.4 Å². The minimum Gasteiger partial charge on any atom is -0.352 e. The molecule has 1 aromatic heterocycles. The van der Waals surface area contributed by atoms with Crippen molar-refractivity contribution in [3.63, 3.8) is 0 Å². The van der Waals surface area contributed by atoms with E-state index < -0.39 is 0 Å². The zero-order chi connectivity index (χ0) is 23.1. The van der Waals surface area contributed by atoms with Crippen LogP contribution in [-0.4, -0.2) is 32.6 Å². The number of fused-ring (bicyclic) bond motifs is 1. The van der Waals surface area contributed by atoms with Crippen LogP contribution in [0, 0.1) is 0 Å². The largest absolute Gasteiger partial charge is 0.352 e. The second-order valence-electron chi connectivity index (χ2n) is 8.07. The van der Waals surface area contributed by atoms with Crippen LogP contribution in [0.5, 0.6) is 0 Å². The van der Waals surface area contributed by atoms with Crippen molar-refractivity contribution in [2.75, 3.05) is 0 Å². The summed E-state index contributed by atoms with van der Waals surface area (Å²) in [5.74, 6) is -0.413. The molecule has 1 saturated heterocycles. The van der Waals surface area contributed by atoms with Crippen molar-refractivity contribution in [1.82, 2.24) is 14.8 Å².